The molecule has 3 nitrogen and oxygen atoms in total. The maximum atomic E-state index is 11.5. The number of nitrogens with zero attached hydrogens (tertiary/aromatic N) is 1. The quantitative estimate of drug-likeness (QED) is 0.890. The number of carbonyl (C=O) groups is 1. The Hall–Kier alpha value is -1.68. The van der Waals surface area contributed by atoms with Gasteiger partial charge in [-0.1, -0.05) is 44.5 Å². The van der Waals surface area contributed by atoms with Crippen LogP contribution in [0.5, 0.6) is 0 Å². The summed E-state index contributed by atoms with van der Waals surface area (Å²) < 4.78 is 0. The molecule has 0 unspecified atom stereocenters. The molecule has 0 saturated heterocycles. The fourth-order valence-electron chi connectivity index (χ4n) is 2.04. The summed E-state index contributed by atoms with van der Waals surface area (Å²) in [4.78, 5) is 16.5. The van der Waals surface area contributed by atoms with Crippen LogP contribution in [0.2, 0.25) is 0 Å². The highest BCUT2D eigenvalue weighted by Gasteiger charge is 2.25. The van der Waals surface area contributed by atoms with Crippen molar-refractivity contribution in [3.63, 3.8) is 0 Å². The lowest BCUT2D eigenvalue weighted by molar-refractivity contribution is 0.0692. The van der Waals surface area contributed by atoms with Crippen molar-refractivity contribution in [3.8, 4) is 10.4 Å². The van der Waals surface area contributed by atoms with Gasteiger partial charge in [0.05, 0.1) is 9.88 Å². The average Bonchev–Trinajstić information content (AvgIpc) is 2.73. The van der Waals surface area contributed by atoms with E-state index in [1.165, 1.54) is 16.9 Å². The summed E-state index contributed by atoms with van der Waals surface area (Å²) in [5, 5.41) is 10.2. The smallest absolute Gasteiger partial charge is 0.356 e. The van der Waals surface area contributed by atoms with Crippen molar-refractivity contribution in [3.05, 3.63) is 40.0 Å². The summed E-state index contributed by atoms with van der Waals surface area (Å²) in [6.45, 7) is 10.2. The molecule has 1 aromatic heterocycles. The molecule has 106 valence electrons. The van der Waals surface area contributed by atoms with Gasteiger partial charge in [-0.25, -0.2) is 9.78 Å². The van der Waals surface area contributed by atoms with E-state index in [0.717, 1.165) is 21.0 Å². The van der Waals surface area contributed by atoms with Crippen LogP contribution in [0, 0.1) is 13.8 Å². The van der Waals surface area contributed by atoms with E-state index in [1.54, 1.807) is 0 Å². The van der Waals surface area contributed by atoms with Gasteiger partial charge in [0.1, 0.15) is 0 Å². The maximum Gasteiger partial charge on any atom is 0.356 e. The van der Waals surface area contributed by atoms with Gasteiger partial charge in [-0.05, 0) is 25.0 Å². The lowest BCUT2D eigenvalue weighted by Crippen LogP contribution is -2.11. The van der Waals surface area contributed by atoms with E-state index in [0.29, 0.717) is 0 Å². The topological polar surface area (TPSA) is 50.2 Å². The molecule has 1 heterocycles. The van der Waals surface area contributed by atoms with Crippen molar-refractivity contribution < 1.29 is 9.90 Å². The minimum atomic E-state index is -0.966. The van der Waals surface area contributed by atoms with E-state index >= 15 is 0 Å². The summed E-state index contributed by atoms with van der Waals surface area (Å²) in [6.07, 6.45) is 0. The van der Waals surface area contributed by atoms with Crippen molar-refractivity contribution in [1.29, 1.82) is 0 Å². The van der Waals surface area contributed by atoms with Crippen LogP contribution in [0.4, 0.5) is 0 Å². The highest BCUT2D eigenvalue weighted by Crippen LogP contribution is 2.37. The number of rotatable bonds is 2. The van der Waals surface area contributed by atoms with Crippen LogP contribution >= 0.6 is 11.3 Å². The Balaban J connectivity index is 2.66. The standard InChI is InChI=1S/C16H19NO2S/c1-9-6-7-11(10(2)8-9)13-12(14(18)19)17-15(20-13)16(3,4)5/h6-8H,1-5H3,(H,18,19). The zero-order valence-corrected chi connectivity index (χ0v) is 13.3. The van der Waals surface area contributed by atoms with Crippen LogP contribution in [0.3, 0.4) is 0 Å². The average molecular weight is 289 g/mol. The zero-order valence-electron chi connectivity index (χ0n) is 12.4. The second-order valence-corrected chi connectivity index (χ2v) is 7.07. The van der Waals surface area contributed by atoms with Crippen molar-refractivity contribution in [1.82, 2.24) is 4.98 Å². The van der Waals surface area contributed by atoms with Crippen LogP contribution in [-0.2, 0) is 5.41 Å². The van der Waals surface area contributed by atoms with Gasteiger partial charge in [0.25, 0.3) is 0 Å². The molecule has 0 saturated carbocycles. The van der Waals surface area contributed by atoms with Crippen LogP contribution in [-0.4, -0.2) is 16.1 Å². The first-order valence-electron chi connectivity index (χ1n) is 6.52. The van der Waals surface area contributed by atoms with E-state index in [2.05, 4.69) is 11.1 Å². The Bertz CT molecular complexity index is 666. The second-order valence-electron chi connectivity index (χ2n) is 6.07. The molecule has 0 atom stereocenters. The molecule has 0 aliphatic heterocycles. The summed E-state index contributed by atoms with van der Waals surface area (Å²) in [6, 6.07) is 6.05. The molecule has 0 fully saturated rings. The number of thiazole rings is 1. The van der Waals surface area contributed by atoms with Crippen LogP contribution in [0.15, 0.2) is 18.2 Å². The highest BCUT2D eigenvalue weighted by molar-refractivity contribution is 7.15. The first-order chi connectivity index (χ1) is 9.20. The highest BCUT2D eigenvalue weighted by atomic mass is 32.1. The zero-order chi connectivity index (χ0) is 15.1. The Labute approximate surface area is 123 Å². The number of hydrogen-bond donors (Lipinski definition) is 1. The molecule has 1 N–H and O–H groups in total. The molecule has 20 heavy (non-hydrogen) atoms. The predicted octanol–water partition coefficient (Wildman–Crippen LogP) is 4.42. The van der Waals surface area contributed by atoms with Gasteiger partial charge >= 0.3 is 5.97 Å². The number of aromatic nitrogens is 1. The summed E-state index contributed by atoms with van der Waals surface area (Å²) in [5.41, 5.74) is 3.22. The third-order valence-electron chi connectivity index (χ3n) is 3.10. The fraction of sp³-hybridized carbons (Fsp3) is 0.375. The molecule has 4 heteroatoms. The Kier molecular flexibility index (Phi) is 3.69. The SMILES string of the molecule is Cc1ccc(-c2sc(C(C)(C)C)nc2C(=O)O)c(C)c1. The molecular formula is C16H19NO2S. The first kappa shape index (κ1) is 14.7. The number of aromatic carboxylic acids is 1. The molecule has 0 spiro atoms. The molecule has 2 rings (SSSR count). The molecule has 0 amide bonds. The van der Waals surface area contributed by atoms with Crippen LogP contribution in [0.25, 0.3) is 10.4 Å². The number of carboxylic acids is 1. The number of aryl methyl sites for hydroxylation is 2. The number of benzene rings is 1. The molecule has 0 radical (unpaired) electrons. The monoisotopic (exact) mass is 289 g/mol. The van der Waals surface area contributed by atoms with Gasteiger partial charge in [0.15, 0.2) is 5.69 Å². The lowest BCUT2D eigenvalue weighted by atomic mass is 9.98. The van der Waals surface area contributed by atoms with E-state index in [1.807, 2.05) is 46.8 Å². The van der Waals surface area contributed by atoms with Gasteiger partial charge < -0.3 is 5.11 Å². The van der Waals surface area contributed by atoms with Crippen molar-refractivity contribution >= 4 is 17.3 Å². The molecule has 0 aliphatic rings. The number of hydrogen-bond acceptors (Lipinski definition) is 3. The van der Waals surface area contributed by atoms with E-state index in [9.17, 15) is 9.90 Å². The van der Waals surface area contributed by atoms with E-state index in [4.69, 9.17) is 0 Å². The molecular weight excluding hydrogens is 270 g/mol. The van der Waals surface area contributed by atoms with E-state index < -0.39 is 5.97 Å². The van der Waals surface area contributed by atoms with Crippen LogP contribution in [0.1, 0.15) is 47.4 Å². The predicted molar refractivity (Wildman–Crippen MR) is 82.7 cm³/mol. The van der Waals surface area contributed by atoms with Gasteiger partial charge in [0.2, 0.25) is 0 Å². The lowest BCUT2D eigenvalue weighted by Gasteiger charge is -2.13. The van der Waals surface area contributed by atoms with Gasteiger partial charge in [-0.3, -0.25) is 0 Å². The second kappa shape index (κ2) is 5.02. The van der Waals surface area contributed by atoms with Gasteiger partial charge in [-0.15, -0.1) is 11.3 Å². The van der Waals surface area contributed by atoms with E-state index in [-0.39, 0.29) is 11.1 Å². The summed E-state index contributed by atoms with van der Waals surface area (Å²) in [7, 11) is 0. The Morgan fingerprint density at radius 2 is 1.90 bits per heavy atom. The van der Waals surface area contributed by atoms with Crippen molar-refractivity contribution in [2.45, 2.75) is 40.0 Å². The first-order valence-corrected chi connectivity index (χ1v) is 7.34. The minimum absolute atomic E-state index is 0.147. The third-order valence-corrected chi connectivity index (χ3v) is 4.61. The Morgan fingerprint density at radius 1 is 1.25 bits per heavy atom. The summed E-state index contributed by atoms with van der Waals surface area (Å²) >= 11 is 1.48. The molecule has 0 bridgehead atoms. The van der Waals surface area contributed by atoms with Crippen LogP contribution < -0.4 is 0 Å². The molecule has 0 aliphatic carbocycles. The maximum absolute atomic E-state index is 11.5. The van der Waals surface area contributed by atoms with Crippen molar-refractivity contribution in [2.75, 3.05) is 0 Å². The minimum Gasteiger partial charge on any atom is -0.476 e. The third kappa shape index (κ3) is 2.75. The Morgan fingerprint density at radius 3 is 2.40 bits per heavy atom. The normalized spacial score (nSPS) is 11.7. The summed E-state index contributed by atoms with van der Waals surface area (Å²) in [5.74, 6) is -0.966. The van der Waals surface area contributed by atoms with Crippen molar-refractivity contribution in [2.24, 2.45) is 0 Å². The molecule has 2 aromatic rings. The molecule has 1 aromatic carbocycles. The number of carboxylic acid groups (broad SMARTS) is 1. The largest absolute Gasteiger partial charge is 0.476 e. The van der Waals surface area contributed by atoms with Gasteiger partial charge in [-0.2, -0.15) is 0 Å². The fourth-order valence-corrected chi connectivity index (χ4v) is 3.24. The van der Waals surface area contributed by atoms with Gasteiger partial charge in [0, 0.05) is 5.41 Å².